The summed E-state index contributed by atoms with van der Waals surface area (Å²) in [4.78, 5) is 38.6. The Morgan fingerprint density at radius 3 is 2.58 bits per heavy atom. The molecular formula is C15H22N2O6S. The van der Waals surface area contributed by atoms with Crippen molar-refractivity contribution in [3.63, 3.8) is 0 Å². The number of aromatic amines is 2. The monoisotopic (exact) mass is 358 g/mol. The standard InChI is InChI=1S/C7H8N2O2S.C7H10O4.CH4/c10-6-4-1-2-11-3-5(4)8-7(12)9-6;1-10-7(9)5-2-3-11-4-6(5)8;/h1-3H2,(H2,8,9,10,12);5H,2-4H2,1H3;1H4. The van der Waals surface area contributed by atoms with Crippen LogP contribution in [-0.2, 0) is 36.8 Å². The lowest BCUT2D eigenvalue weighted by molar-refractivity contribution is -0.154. The molecule has 0 aliphatic carbocycles. The maximum Gasteiger partial charge on any atom is 0.316 e. The Labute approximate surface area is 144 Å². The van der Waals surface area contributed by atoms with Gasteiger partial charge in [0.05, 0.1) is 26.0 Å². The maximum atomic E-state index is 11.3. The smallest absolute Gasteiger partial charge is 0.316 e. The van der Waals surface area contributed by atoms with Crippen molar-refractivity contribution in [3.05, 3.63) is 26.4 Å². The van der Waals surface area contributed by atoms with Crippen LogP contribution in [0.15, 0.2) is 4.79 Å². The zero-order valence-electron chi connectivity index (χ0n) is 12.7. The summed E-state index contributed by atoms with van der Waals surface area (Å²) in [7, 11) is 1.28. The number of nitrogens with one attached hydrogen (secondary N) is 2. The summed E-state index contributed by atoms with van der Waals surface area (Å²) < 4.78 is 14.8. The Hall–Kier alpha value is -1.84. The van der Waals surface area contributed by atoms with Gasteiger partial charge in [0.1, 0.15) is 12.5 Å². The van der Waals surface area contributed by atoms with E-state index in [1.807, 2.05) is 0 Å². The lowest BCUT2D eigenvalue weighted by Crippen LogP contribution is -2.33. The van der Waals surface area contributed by atoms with Crippen LogP contribution in [0.5, 0.6) is 0 Å². The van der Waals surface area contributed by atoms with E-state index in [2.05, 4.69) is 14.7 Å². The van der Waals surface area contributed by atoms with Crippen LogP contribution in [0.25, 0.3) is 0 Å². The number of hydrogen-bond acceptors (Lipinski definition) is 7. The minimum Gasteiger partial charge on any atom is -0.468 e. The fourth-order valence-corrected chi connectivity index (χ4v) is 2.54. The molecular weight excluding hydrogens is 336 g/mol. The third-order valence-corrected chi connectivity index (χ3v) is 3.75. The van der Waals surface area contributed by atoms with Crippen LogP contribution in [0.2, 0.25) is 0 Å². The summed E-state index contributed by atoms with van der Waals surface area (Å²) >= 11 is 4.82. The molecule has 2 aliphatic rings. The second kappa shape index (κ2) is 9.45. The van der Waals surface area contributed by atoms with Crippen molar-refractivity contribution in [2.24, 2.45) is 5.92 Å². The molecule has 9 heteroatoms. The highest BCUT2D eigenvalue weighted by molar-refractivity contribution is 7.71. The first-order valence-corrected chi connectivity index (χ1v) is 7.54. The van der Waals surface area contributed by atoms with Gasteiger partial charge < -0.3 is 19.2 Å². The Bertz CT molecular complexity index is 688. The van der Waals surface area contributed by atoms with Gasteiger partial charge in [0.15, 0.2) is 10.6 Å². The minimum absolute atomic E-state index is 0. The first kappa shape index (κ1) is 20.2. The predicted octanol–water partition coefficient (Wildman–Crippen LogP) is 0.906. The van der Waals surface area contributed by atoms with Gasteiger partial charge in [-0.25, -0.2) is 0 Å². The molecule has 2 N–H and O–H groups in total. The Morgan fingerprint density at radius 2 is 1.92 bits per heavy atom. The van der Waals surface area contributed by atoms with Crippen molar-refractivity contribution in [1.82, 2.24) is 9.97 Å². The molecule has 1 atom stereocenters. The molecule has 0 bridgehead atoms. The first-order chi connectivity index (χ1) is 11.0. The van der Waals surface area contributed by atoms with Gasteiger partial charge in [0.2, 0.25) is 0 Å². The van der Waals surface area contributed by atoms with E-state index < -0.39 is 11.9 Å². The first-order valence-electron chi connectivity index (χ1n) is 7.13. The van der Waals surface area contributed by atoms with E-state index >= 15 is 0 Å². The SMILES string of the molecule is C.COC(=O)C1CCOCC1=O.O=c1[nH]c(=S)[nH]c2c1CCOC2. The third kappa shape index (κ3) is 5.08. The molecule has 1 fully saturated rings. The highest BCUT2D eigenvalue weighted by atomic mass is 32.1. The van der Waals surface area contributed by atoms with Gasteiger partial charge in [-0.3, -0.25) is 19.4 Å². The number of aromatic nitrogens is 2. The quantitative estimate of drug-likeness (QED) is 0.436. The van der Waals surface area contributed by atoms with Crippen molar-refractivity contribution < 1.29 is 23.8 Å². The Kier molecular flexibility index (Phi) is 7.96. The largest absolute Gasteiger partial charge is 0.468 e. The highest BCUT2D eigenvalue weighted by Gasteiger charge is 2.30. The molecule has 1 unspecified atom stereocenters. The number of ketones is 1. The van der Waals surface area contributed by atoms with Gasteiger partial charge in [-0.05, 0) is 18.6 Å². The number of Topliss-reactive ketones (excluding diaryl/α,β-unsaturated/α-hetero) is 1. The molecule has 3 rings (SSSR count). The second-order valence-electron chi connectivity index (χ2n) is 5.05. The summed E-state index contributed by atoms with van der Waals surface area (Å²) in [6, 6.07) is 0. The van der Waals surface area contributed by atoms with E-state index in [0.29, 0.717) is 37.4 Å². The molecule has 1 aromatic rings. The number of hydrogen-bond donors (Lipinski definition) is 2. The predicted molar refractivity (Wildman–Crippen MR) is 88.3 cm³/mol. The van der Waals surface area contributed by atoms with Crippen molar-refractivity contribution in [1.29, 1.82) is 0 Å². The molecule has 1 saturated heterocycles. The van der Waals surface area contributed by atoms with Crippen molar-refractivity contribution in [3.8, 4) is 0 Å². The van der Waals surface area contributed by atoms with E-state index in [9.17, 15) is 14.4 Å². The number of H-pyrrole nitrogens is 2. The summed E-state index contributed by atoms with van der Waals surface area (Å²) in [6.45, 7) is 1.58. The Balaban J connectivity index is 0.000000232. The van der Waals surface area contributed by atoms with Gasteiger partial charge in [-0.1, -0.05) is 7.43 Å². The maximum absolute atomic E-state index is 11.3. The number of carbonyl (C=O) groups is 2. The molecule has 0 amide bonds. The minimum atomic E-state index is -0.589. The molecule has 2 aliphatic heterocycles. The van der Waals surface area contributed by atoms with E-state index in [1.165, 1.54) is 7.11 Å². The molecule has 8 nitrogen and oxygen atoms in total. The zero-order chi connectivity index (χ0) is 16.8. The second-order valence-corrected chi connectivity index (χ2v) is 5.46. The topological polar surface area (TPSA) is 110 Å². The average Bonchev–Trinajstić information content (AvgIpc) is 2.55. The summed E-state index contributed by atoms with van der Waals surface area (Å²) in [5.41, 5.74) is 1.50. The average molecular weight is 358 g/mol. The van der Waals surface area contributed by atoms with Gasteiger partial charge in [0, 0.05) is 18.6 Å². The van der Waals surface area contributed by atoms with E-state index in [-0.39, 0.29) is 25.4 Å². The fraction of sp³-hybridized carbons (Fsp3) is 0.600. The summed E-state index contributed by atoms with van der Waals surface area (Å²) in [5.74, 6) is -1.21. The molecule has 0 radical (unpaired) electrons. The molecule has 24 heavy (non-hydrogen) atoms. The van der Waals surface area contributed by atoms with Gasteiger partial charge in [0.25, 0.3) is 5.56 Å². The van der Waals surface area contributed by atoms with Crippen molar-refractivity contribution in [2.75, 3.05) is 26.9 Å². The van der Waals surface area contributed by atoms with Crippen molar-refractivity contribution >= 4 is 24.0 Å². The third-order valence-electron chi connectivity index (χ3n) is 3.54. The van der Waals surface area contributed by atoms with Crippen molar-refractivity contribution in [2.45, 2.75) is 26.9 Å². The molecule has 0 aromatic carbocycles. The number of methoxy groups -OCH3 is 1. The van der Waals surface area contributed by atoms with Gasteiger partial charge in [-0.15, -0.1) is 0 Å². The molecule has 0 saturated carbocycles. The lowest BCUT2D eigenvalue weighted by atomic mass is 9.99. The number of rotatable bonds is 1. The van der Waals surface area contributed by atoms with Crippen LogP contribution in [0.4, 0.5) is 0 Å². The van der Waals surface area contributed by atoms with Crippen LogP contribution in [-0.4, -0.2) is 48.7 Å². The van der Waals surface area contributed by atoms with E-state index in [0.717, 1.165) is 11.3 Å². The molecule has 1 aromatic heterocycles. The fourth-order valence-electron chi connectivity index (χ4n) is 2.32. The van der Waals surface area contributed by atoms with Crippen LogP contribution in [0.3, 0.4) is 0 Å². The molecule has 3 heterocycles. The highest BCUT2D eigenvalue weighted by Crippen LogP contribution is 2.12. The molecule has 134 valence electrons. The lowest BCUT2D eigenvalue weighted by Gasteiger charge is -2.17. The number of esters is 1. The Morgan fingerprint density at radius 1 is 1.21 bits per heavy atom. The van der Waals surface area contributed by atoms with Crippen LogP contribution in [0.1, 0.15) is 25.1 Å². The van der Waals surface area contributed by atoms with Crippen LogP contribution < -0.4 is 5.56 Å². The number of carbonyl (C=O) groups excluding carboxylic acids is 2. The van der Waals surface area contributed by atoms with Crippen LogP contribution in [0, 0.1) is 10.7 Å². The number of fused-ring (bicyclic) bond motifs is 1. The van der Waals surface area contributed by atoms with Gasteiger partial charge >= 0.3 is 5.97 Å². The van der Waals surface area contributed by atoms with E-state index in [4.69, 9.17) is 21.7 Å². The molecule has 0 spiro atoms. The van der Waals surface area contributed by atoms with Gasteiger partial charge in [-0.2, -0.15) is 0 Å². The van der Waals surface area contributed by atoms with Crippen LogP contribution >= 0.6 is 12.2 Å². The normalized spacial score (nSPS) is 19.2. The summed E-state index contributed by atoms with van der Waals surface area (Å²) in [6.07, 6.45) is 1.11. The van der Waals surface area contributed by atoms with E-state index in [1.54, 1.807) is 0 Å². The summed E-state index contributed by atoms with van der Waals surface area (Å²) in [5, 5.41) is 0. The zero-order valence-corrected chi connectivity index (χ0v) is 13.5. The number of ether oxygens (including phenoxy) is 3.